The van der Waals surface area contributed by atoms with Gasteiger partial charge in [0.2, 0.25) is 0 Å². The maximum Gasteiger partial charge on any atom is 0.0116 e. The van der Waals surface area contributed by atoms with Gasteiger partial charge in [-0.3, -0.25) is 0 Å². The highest BCUT2D eigenvalue weighted by molar-refractivity contribution is 7.99. The van der Waals surface area contributed by atoms with Gasteiger partial charge in [0.15, 0.2) is 0 Å². The molecule has 2 heteroatoms. The van der Waals surface area contributed by atoms with E-state index < -0.39 is 0 Å². The van der Waals surface area contributed by atoms with E-state index >= 15 is 0 Å². The molecule has 0 unspecified atom stereocenters. The smallest absolute Gasteiger partial charge is 0.0116 e. The summed E-state index contributed by atoms with van der Waals surface area (Å²) in [5, 5.41) is 0. The number of hydrogen-bond acceptors (Lipinski definition) is 2. The SMILES string of the molecule is NCCCSC/C=C/c1ccccc1. The van der Waals surface area contributed by atoms with Gasteiger partial charge in [0.05, 0.1) is 0 Å². The molecule has 0 bridgehead atoms. The summed E-state index contributed by atoms with van der Waals surface area (Å²) in [5.74, 6) is 2.24. The Kier molecular flexibility index (Phi) is 6.20. The lowest BCUT2D eigenvalue weighted by atomic mass is 10.2. The monoisotopic (exact) mass is 207 g/mol. The first-order chi connectivity index (χ1) is 6.93. The molecule has 0 saturated carbocycles. The highest BCUT2D eigenvalue weighted by Crippen LogP contribution is 2.05. The number of thioether (sulfide) groups is 1. The van der Waals surface area contributed by atoms with Gasteiger partial charge in [0.1, 0.15) is 0 Å². The summed E-state index contributed by atoms with van der Waals surface area (Å²) in [4.78, 5) is 0. The van der Waals surface area contributed by atoms with Gasteiger partial charge in [-0.2, -0.15) is 11.8 Å². The van der Waals surface area contributed by atoms with Crippen molar-refractivity contribution in [3.63, 3.8) is 0 Å². The molecule has 0 saturated heterocycles. The summed E-state index contributed by atoms with van der Waals surface area (Å²) in [6.07, 6.45) is 5.48. The molecule has 0 amide bonds. The van der Waals surface area contributed by atoms with Gasteiger partial charge in [-0.05, 0) is 24.3 Å². The molecule has 0 radical (unpaired) electrons. The zero-order valence-electron chi connectivity index (χ0n) is 8.36. The molecular formula is C12H17NS. The molecular weight excluding hydrogens is 190 g/mol. The lowest BCUT2D eigenvalue weighted by Gasteiger charge is -1.95. The van der Waals surface area contributed by atoms with Crippen LogP contribution >= 0.6 is 11.8 Å². The molecule has 76 valence electrons. The quantitative estimate of drug-likeness (QED) is 0.726. The van der Waals surface area contributed by atoms with Gasteiger partial charge in [0.25, 0.3) is 0 Å². The van der Waals surface area contributed by atoms with E-state index in [2.05, 4.69) is 36.4 Å². The van der Waals surface area contributed by atoms with Crippen molar-refractivity contribution in [2.24, 2.45) is 5.73 Å². The Hall–Kier alpha value is -0.730. The molecule has 1 nitrogen and oxygen atoms in total. The minimum absolute atomic E-state index is 0.801. The molecule has 14 heavy (non-hydrogen) atoms. The molecule has 1 rings (SSSR count). The minimum atomic E-state index is 0.801. The summed E-state index contributed by atoms with van der Waals surface area (Å²) < 4.78 is 0. The van der Waals surface area contributed by atoms with Gasteiger partial charge < -0.3 is 5.73 Å². The van der Waals surface area contributed by atoms with Gasteiger partial charge in [0, 0.05) is 5.75 Å². The molecule has 1 aromatic carbocycles. The first-order valence-electron chi connectivity index (χ1n) is 4.93. The number of nitrogens with two attached hydrogens (primary N) is 1. The van der Waals surface area contributed by atoms with Crippen LogP contribution in [0.1, 0.15) is 12.0 Å². The molecule has 0 aliphatic rings. The van der Waals surface area contributed by atoms with Crippen molar-refractivity contribution in [3.05, 3.63) is 42.0 Å². The molecule has 0 fully saturated rings. The molecule has 2 N–H and O–H groups in total. The Morgan fingerprint density at radius 2 is 2.00 bits per heavy atom. The third-order valence-electron chi connectivity index (χ3n) is 1.82. The van der Waals surface area contributed by atoms with Crippen molar-refractivity contribution in [1.29, 1.82) is 0 Å². The van der Waals surface area contributed by atoms with Crippen LogP contribution in [0.25, 0.3) is 6.08 Å². The Labute approximate surface area is 90.4 Å². The number of rotatable bonds is 6. The van der Waals surface area contributed by atoms with E-state index in [1.807, 2.05) is 17.8 Å². The van der Waals surface area contributed by atoms with Crippen LogP contribution in [-0.4, -0.2) is 18.1 Å². The maximum absolute atomic E-state index is 5.40. The third kappa shape index (κ3) is 5.10. The lowest BCUT2D eigenvalue weighted by molar-refractivity contribution is 0.944. The van der Waals surface area contributed by atoms with E-state index in [0.717, 1.165) is 24.5 Å². The summed E-state index contributed by atoms with van der Waals surface area (Å²) >= 11 is 1.93. The fraction of sp³-hybridized carbons (Fsp3) is 0.333. The van der Waals surface area contributed by atoms with Crippen LogP contribution in [0.15, 0.2) is 36.4 Å². The van der Waals surface area contributed by atoms with Crippen molar-refractivity contribution in [3.8, 4) is 0 Å². The van der Waals surface area contributed by atoms with Gasteiger partial charge >= 0.3 is 0 Å². The molecule has 0 atom stereocenters. The minimum Gasteiger partial charge on any atom is -0.330 e. The first-order valence-corrected chi connectivity index (χ1v) is 6.08. The summed E-state index contributed by atoms with van der Waals surface area (Å²) in [6, 6.07) is 10.4. The first kappa shape index (κ1) is 11.3. The van der Waals surface area contributed by atoms with E-state index in [9.17, 15) is 0 Å². The van der Waals surface area contributed by atoms with Crippen molar-refractivity contribution >= 4 is 17.8 Å². The second-order valence-corrected chi connectivity index (χ2v) is 4.18. The molecule has 0 aromatic heterocycles. The van der Waals surface area contributed by atoms with Gasteiger partial charge in [-0.15, -0.1) is 0 Å². The topological polar surface area (TPSA) is 26.0 Å². The Morgan fingerprint density at radius 1 is 1.21 bits per heavy atom. The Morgan fingerprint density at radius 3 is 2.71 bits per heavy atom. The van der Waals surface area contributed by atoms with Crippen LogP contribution in [0, 0.1) is 0 Å². The normalized spacial score (nSPS) is 10.9. The highest BCUT2D eigenvalue weighted by Gasteiger charge is 1.85. The van der Waals surface area contributed by atoms with Crippen molar-refractivity contribution < 1.29 is 0 Å². The molecule has 0 spiro atoms. The van der Waals surface area contributed by atoms with Crippen LogP contribution in [0.4, 0.5) is 0 Å². The number of benzene rings is 1. The van der Waals surface area contributed by atoms with Crippen LogP contribution < -0.4 is 5.73 Å². The van der Waals surface area contributed by atoms with Crippen molar-refractivity contribution in [2.75, 3.05) is 18.1 Å². The van der Waals surface area contributed by atoms with Crippen LogP contribution in [0.3, 0.4) is 0 Å². The van der Waals surface area contributed by atoms with Gasteiger partial charge in [-0.25, -0.2) is 0 Å². The van der Waals surface area contributed by atoms with E-state index in [4.69, 9.17) is 5.73 Å². The average Bonchev–Trinajstić information content (AvgIpc) is 2.25. The molecule has 0 aliphatic carbocycles. The van der Waals surface area contributed by atoms with Crippen LogP contribution in [-0.2, 0) is 0 Å². The van der Waals surface area contributed by atoms with Gasteiger partial charge in [-0.1, -0.05) is 42.5 Å². The zero-order chi connectivity index (χ0) is 10.1. The fourth-order valence-electron chi connectivity index (χ4n) is 1.09. The number of hydrogen-bond donors (Lipinski definition) is 1. The second kappa shape index (κ2) is 7.65. The Bertz CT molecular complexity index is 256. The van der Waals surface area contributed by atoms with E-state index in [-0.39, 0.29) is 0 Å². The Balaban J connectivity index is 2.15. The van der Waals surface area contributed by atoms with Crippen LogP contribution in [0.5, 0.6) is 0 Å². The average molecular weight is 207 g/mol. The fourth-order valence-corrected chi connectivity index (χ4v) is 1.85. The van der Waals surface area contributed by atoms with E-state index in [0.29, 0.717) is 0 Å². The zero-order valence-corrected chi connectivity index (χ0v) is 9.17. The molecule has 0 heterocycles. The van der Waals surface area contributed by atoms with E-state index in [1.54, 1.807) is 0 Å². The molecule has 0 aliphatic heterocycles. The summed E-state index contributed by atoms with van der Waals surface area (Å²) in [6.45, 7) is 0.801. The standard InChI is InChI=1S/C12H17NS/c13-9-5-11-14-10-4-8-12-6-2-1-3-7-12/h1-4,6-8H,5,9-11,13H2/b8-4+. The molecule has 1 aromatic rings. The maximum atomic E-state index is 5.40. The van der Waals surface area contributed by atoms with Crippen LogP contribution in [0.2, 0.25) is 0 Å². The predicted octanol–water partition coefficient (Wildman–Crippen LogP) is 2.78. The second-order valence-electron chi connectivity index (χ2n) is 3.03. The lowest BCUT2D eigenvalue weighted by Crippen LogP contribution is -1.99. The van der Waals surface area contributed by atoms with Crippen molar-refractivity contribution in [2.45, 2.75) is 6.42 Å². The summed E-state index contributed by atoms with van der Waals surface area (Å²) in [5.41, 5.74) is 6.67. The predicted molar refractivity (Wildman–Crippen MR) is 66.5 cm³/mol. The van der Waals surface area contributed by atoms with E-state index in [1.165, 1.54) is 5.56 Å². The summed E-state index contributed by atoms with van der Waals surface area (Å²) in [7, 11) is 0. The highest BCUT2D eigenvalue weighted by atomic mass is 32.2. The largest absolute Gasteiger partial charge is 0.330 e. The van der Waals surface area contributed by atoms with Crippen molar-refractivity contribution in [1.82, 2.24) is 0 Å². The third-order valence-corrected chi connectivity index (χ3v) is 2.82.